The summed E-state index contributed by atoms with van der Waals surface area (Å²) >= 11 is 0. The summed E-state index contributed by atoms with van der Waals surface area (Å²) in [7, 11) is 1.56. The maximum atomic E-state index is 12.0. The van der Waals surface area contributed by atoms with Crippen LogP contribution in [0.2, 0.25) is 0 Å². The maximum absolute atomic E-state index is 12.0. The summed E-state index contributed by atoms with van der Waals surface area (Å²) in [5, 5.41) is 0. The van der Waals surface area contributed by atoms with Crippen molar-refractivity contribution in [3.63, 3.8) is 0 Å². The number of ketones is 2. The molecule has 0 radical (unpaired) electrons. The third kappa shape index (κ3) is 3.45. The molecular weight excluding hydrogens is 272 g/mol. The lowest BCUT2D eigenvalue weighted by molar-refractivity contribution is -0.151. The van der Waals surface area contributed by atoms with E-state index in [9.17, 15) is 14.4 Å². The van der Waals surface area contributed by atoms with Gasteiger partial charge in [-0.05, 0) is 30.7 Å². The second kappa shape index (κ2) is 6.17. The Hall–Kier alpha value is -2.69. The molecule has 0 N–H and O–H groups in total. The number of carbonyl (C=O) groups is 3. The fourth-order valence-electron chi connectivity index (χ4n) is 1.89. The van der Waals surface area contributed by atoms with E-state index in [2.05, 4.69) is 0 Å². The molecule has 0 amide bonds. The molecule has 1 heterocycles. The van der Waals surface area contributed by atoms with Crippen LogP contribution >= 0.6 is 0 Å². The van der Waals surface area contributed by atoms with Gasteiger partial charge in [0.05, 0.1) is 7.11 Å². The van der Waals surface area contributed by atoms with E-state index in [1.165, 1.54) is 19.1 Å². The summed E-state index contributed by atoms with van der Waals surface area (Å²) in [4.78, 5) is 35.3. The first-order valence-corrected chi connectivity index (χ1v) is 6.31. The molecule has 2 rings (SSSR count). The number of hydrogen-bond donors (Lipinski definition) is 0. The first kappa shape index (κ1) is 14.7. The standard InChI is InChI=1S/C16H14O5/c1-10-9-14(18)15(16(19)21-10)13(17)8-5-11-3-6-12(20-2)7-4-11/h3-9,15H,1-2H3/b8-5-/t15-/m1/s1. The fourth-order valence-corrected chi connectivity index (χ4v) is 1.89. The average molecular weight is 286 g/mol. The van der Waals surface area contributed by atoms with E-state index in [0.717, 1.165) is 11.6 Å². The molecule has 0 saturated carbocycles. The molecule has 1 aromatic rings. The molecule has 0 spiro atoms. The van der Waals surface area contributed by atoms with Crippen LogP contribution in [-0.4, -0.2) is 24.6 Å². The Morgan fingerprint density at radius 3 is 2.48 bits per heavy atom. The Morgan fingerprint density at radius 2 is 1.90 bits per heavy atom. The minimum atomic E-state index is -1.40. The van der Waals surface area contributed by atoms with Crippen LogP contribution in [0, 0.1) is 5.92 Å². The number of cyclic esters (lactones) is 1. The Labute approximate surface area is 121 Å². The largest absolute Gasteiger partial charge is 0.497 e. The SMILES string of the molecule is COc1ccc(/C=C\C(=O)[C@@H]2C(=O)C=C(C)OC2=O)cc1. The van der Waals surface area contributed by atoms with Crippen molar-refractivity contribution >= 4 is 23.6 Å². The molecule has 5 heteroatoms. The van der Waals surface area contributed by atoms with Crippen molar-refractivity contribution in [3.05, 3.63) is 47.7 Å². The highest BCUT2D eigenvalue weighted by Gasteiger charge is 2.36. The Bertz CT molecular complexity index is 637. The van der Waals surface area contributed by atoms with Crippen LogP contribution in [0.1, 0.15) is 12.5 Å². The van der Waals surface area contributed by atoms with Gasteiger partial charge in [-0.1, -0.05) is 18.2 Å². The second-order valence-electron chi connectivity index (χ2n) is 4.52. The summed E-state index contributed by atoms with van der Waals surface area (Å²) < 4.78 is 9.83. The normalized spacial score (nSPS) is 18.4. The minimum Gasteiger partial charge on any atom is -0.497 e. The van der Waals surface area contributed by atoms with Gasteiger partial charge in [0.15, 0.2) is 17.5 Å². The zero-order chi connectivity index (χ0) is 15.4. The summed E-state index contributed by atoms with van der Waals surface area (Å²) in [6.07, 6.45) is 3.90. The zero-order valence-electron chi connectivity index (χ0n) is 11.7. The van der Waals surface area contributed by atoms with E-state index < -0.39 is 23.5 Å². The molecule has 0 fully saturated rings. The van der Waals surface area contributed by atoms with E-state index in [-0.39, 0.29) is 5.76 Å². The Morgan fingerprint density at radius 1 is 1.24 bits per heavy atom. The molecule has 1 aromatic carbocycles. The average Bonchev–Trinajstić information content (AvgIpc) is 2.44. The van der Waals surface area contributed by atoms with Crippen molar-refractivity contribution in [1.82, 2.24) is 0 Å². The highest BCUT2D eigenvalue weighted by atomic mass is 16.5. The molecule has 108 valence electrons. The van der Waals surface area contributed by atoms with Gasteiger partial charge >= 0.3 is 5.97 Å². The summed E-state index contributed by atoms with van der Waals surface area (Å²) in [5.41, 5.74) is 0.757. The predicted molar refractivity (Wildman–Crippen MR) is 75.4 cm³/mol. The van der Waals surface area contributed by atoms with Gasteiger partial charge in [0.1, 0.15) is 11.5 Å². The van der Waals surface area contributed by atoms with Crippen LogP contribution in [0.25, 0.3) is 6.08 Å². The highest BCUT2D eigenvalue weighted by Crippen LogP contribution is 2.17. The highest BCUT2D eigenvalue weighted by molar-refractivity contribution is 6.25. The zero-order valence-corrected chi connectivity index (χ0v) is 11.7. The van der Waals surface area contributed by atoms with Gasteiger partial charge in [0.25, 0.3) is 0 Å². The van der Waals surface area contributed by atoms with E-state index in [4.69, 9.17) is 9.47 Å². The lowest BCUT2D eigenvalue weighted by Gasteiger charge is -2.15. The molecular formula is C16H14O5. The molecule has 0 saturated heterocycles. The molecule has 1 aliphatic rings. The summed E-state index contributed by atoms with van der Waals surface area (Å²) in [6, 6.07) is 7.01. The smallest absolute Gasteiger partial charge is 0.329 e. The summed E-state index contributed by atoms with van der Waals surface area (Å²) in [5.74, 6) is -2.47. The van der Waals surface area contributed by atoms with Crippen LogP contribution in [-0.2, 0) is 19.1 Å². The first-order valence-electron chi connectivity index (χ1n) is 6.31. The second-order valence-corrected chi connectivity index (χ2v) is 4.52. The number of rotatable bonds is 4. The molecule has 0 bridgehead atoms. The number of benzene rings is 1. The third-order valence-corrected chi connectivity index (χ3v) is 2.97. The molecule has 5 nitrogen and oxygen atoms in total. The van der Waals surface area contributed by atoms with Gasteiger partial charge < -0.3 is 9.47 Å². The van der Waals surface area contributed by atoms with E-state index >= 15 is 0 Å². The maximum Gasteiger partial charge on any atom is 0.329 e. The third-order valence-electron chi connectivity index (χ3n) is 2.97. The van der Waals surface area contributed by atoms with E-state index in [1.807, 2.05) is 0 Å². The lowest BCUT2D eigenvalue weighted by Crippen LogP contribution is -2.34. The van der Waals surface area contributed by atoms with Gasteiger partial charge in [-0.3, -0.25) is 14.4 Å². The molecule has 21 heavy (non-hydrogen) atoms. The fraction of sp³-hybridized carbons (Fsp3) is 0.188. The van der Waals surface area contributed by atoms with Gasteiger partial charge in [0.2, 0.25) is 0 Å². The first-order chi connectivity index (χ1) is 10.0. The molecule has 1 aliphatic heterocycles. The Kier molecular flexibility index (Phi) is 4.33. The van der Waals surface area contributed by atoms with Crippen molar-refractivity contribution in [1.29, 1.82) is 0 Å². The minimum absolute atomic E-state index is 0.202. The Balaban J connectivity index is 2.11. The van der Waals surface area contributed by atoms with Gasteiger partial charge in [-0.25, -0.2) is 0 Å². The van der Waals surface area contributed by atoms with Crippen molar-refractivity contribution in [2.24, 2.45) is 5.92 Å². The quantitative estimate of drug-likeness (QED) is 0.480. The number of ether oxygens (including phenoxy) is 2. The van der Waals surface area contributed by atoms with Crippen LogP contribution in [0.3, 0.4) is 0 Å². The van der Waals surface area contributed by atoms with Crippen LogP contribution in [0.15, 0.2) is 42.2 Å². The van der Waals surface area contributed by atoms with Gasteiger partial charge in [-0.15, -0.1) is 0 Å². The van der Waals surface area contributed by atoms with Crippen molar-refractivity contribution in [2.75, 3.05) is 7.11 Å². The summed E-state index contributed by atoms with van der Waals surface area (Å²) in [6.45, 7) is 1.49. The van der Waals surface area contributed by atoms with Crippen molar-refractivity contribution in [3.8, 4) is 5.75 Å². The van der Waals surface area contributed by atoms with Crippen LogP contribution < -0.4 is 4.74 Å². The number of esters is 1. The van der Waals surface area contributed by atoms with Crippen molar-refractivity contribution < 1.29 is 23.9 Å². The van der Waals surface area contributed by atoms with E-state index in [1.54, 1.807) is 31.4 Å². The number of allylic oxidation sites excluding steroid dienone is 3. The monoisotopic (exact) mass is 286 g/mol. The van der Waals surface area contributed by atoms with Crippen LogP contribution in [0.4, 0.5) is 0 Å². The molecule has 1 atom stereocenters. The molecule has 0 aromatic heterocycles. The van der Waals surface area contributed by atoms with E-state index in [0.29, 0.717) is 5.75 Å². The number of carbonyl (C=O) groups excluding carboxylic acids is 3. The number of methoxy groups -OCH3 is 1. The van der Waals surface area contributed by atoms with Crippen molar-refractivity contribution in [2.45, 2.75) is 6.92 Å². The van der Waals surface area contributed by atoms with Crippen LogP contribution in [0.5, 0.6) is 5.75 Å². The van der Waals surface area contributed by atoms with Gasteiger partial charge in [0, 0.05) is 6.08 Å². The molecule has 0 unspecified atom stereocenters. The number of hydrogen-bond acceptors (Lipinski definition) is 5. The topological polar surface area (TPSA) is 69.7 Å². The lowest BCUT2D eigenvalue weighted by atomic mass is 9.96. The molecule has 0 aliphatic carbocycles. The predicted octanol–water partition coefficient (Wildman–Crippen LogP) is 1.92. The van der Waals surface area contributed by atoms with Gasteiger partial charge in [-0.2, -0.15) is 0 Å².